The molecule has 1 aromatic heterocycles. The first-order chi connectivity index (χ1) is 14.6. The smallest absolute Gasteiger partial charge is 0.257 e. The molecule has 0 spiro atoms. The van der Waals surface area contributed by atoms with Gasteiger partial charge in [-0.3, -0.25) is 10.1 Å². The van der Waals surface area contributed by atoms with Crippen LogP contribution in [0.15, 0.2) is 78.9 Å². The summed E-state index contributed by atoms with van der Waals surface area (Å²) in [5.74, 6) is 1.87. The van der Waals surface area contributed by atoms with Gasteiger partial charge in [0.2, 0.25) is 0 Å². The normalized spacial score (nSPS) is 10.5. The molecule has 1 heterocycles. The van der Waals surface area contributed by atoms with Crippen molar-refractivity contribution >= 4 is 22.4 Å². The molecular weight excluding hydrogens is 396 g/mol. The molecule has 0 bridgehead atoms. The summed E-state index contributed by atoms with van der Waals surface area (Å²) in [4.78, 5) is 18.4. The van der Waals surface area contributed by atoms with Gasteiger partial charge in [0.25, 0.3) is 5.91 Å². The standard InChI is InChI=1S/C24H20N2O3S/c1-16-22(17-11-13-19(28-2)14-12-17)25-24(30-16)26-23(27)18-7-6-10-21(15-18)29-20-8-4-3-5-9-20/h3-15H,1-2H3,(H,25,26,27). The molecule has 0 saturated carbocycles. The topological polar surface area (TPSA) is 60.5 Å². The number of aromatic nitrogens is 1. The number of aryl methyl sites for hydroxylation is 1. The Morgan fingerprint density at radius 1 is 0.900 bits per heavy atom. The quantitative estimate of drug-likeness (QED) is 0.408. The van der Waals surface area contributed by atoms with Crippen molar-refractivity contribution in [2.24, 2.45) is 0 Å². The summed E-state index contributed by atoms with van der Waals surface area (Å²) in [6, 6.07) is 24.2. The zero-order valence-corrected chi connectivity index (χ0v) is 17.4. The minimum atomic E-state index is -0.233. The van der Waals surface area contributed by atoms with Crippen LogP contribution in [0.1, 0.15) is 15.2 Å². The van der Waals surface area contributed by atoms with E-state index in [0.717, 1.165) is 27.6 Å². The van der Waals surface area contributed by atoms with Crippen molar-refractivity contribution < 1.29 is 14.3 Å². The Labute approximate surface area is 178 Å². The van der Waals surface area contributed by atoms with Gasteiger partial charge in [0.1, 0.15) is 17.2 Å². The Bertz CT molecular complexity index is 1150. The van der Waals surface area contributed by atoms with Crippen LogP contribution in [0, 0.1) is 6.92 Å². The monoisotopic (exact) mass is 416 g/mol. The van der Waals surface area contributed by atoms with E-state index in [9.17, 15) is 4.79 Å². The summed E-state index contributed by atoms with van der Waals surface area (Å²) in [5, 5.41) is 3.44. The minimum absolute atomic E-state index is 0.233. The number of hydrogen-bond acceptors (Lipinski definition) is 5. The molecule has 150 valence electrons. The van der Waals surface area contributed by atoms with Gasteiger partial charge in [-0.25, -0.2) is 4.98 Å². The summed E-state index contributed by atoms with van der Waals surface area (Å²) in [7, 11) is 1.64. The number of amides is 1. The van der Waals surface area contributed by atoms with Crippen molar-refractivity contribution in [1.82, 2.24) is 4.98 Å². The molecule has 0 saturated heterocycles. The molecule has 0 aliphatic heterocycles. The van der Waals surface area contributed by atoms with E-state index in [1.54, 1.807) is 25.3 Å². The van der Waals surface area contributed by atoms with Gasteiger partial charge < -0.3 is 9.47 Å². The largest absolute Gasteiger partial charge is 0.497 e. The molecular formula is C24H20N2O3S. The maximum atomic E-state index is 12.7. The van der Waals surface area contributed by atoms with Crippen LogP contribution in [0.2, 0.25) is 0 Å². The molecule has 0 radical (unpaired) electrons. The van der Waals surface area contributed by atoms with Gasteiger partial charge in [0.15, 0.2) is 5.13 Å². The van der Waals surface area contributed by atoms with Crippen molar-refractivity contribution in [3.63, 3.8) is 0 Å². The zero-order valence-electron chi connectivity index (χ0n) is 16.6. The maximum Gasteiger partial charge on any atom is 0.257 e. The Balaban J connectivity index is 1.49. The van der Waals surface area contributed by atoms with Gasteiger partial charge in [0.05, 0.1) is 12.8 Å². The zero-order chi connectivity index (χ0) is 20.9. The fraction of sp³-hybridized carbons (Fsp3) is 0.0833. The molecule has 5 nitrogen and oxygen atoms in total. The lowest BCUT2D eigenvalue weighted by atomic mass is 10.1. The van der Waals surface area contributed by atoms with Crippen LogP contribution in [-0.4, -0.2) is 18.0 Å². The number of nitrogens with zero attached hydrogens (tertiary/aromatic N) is 1. The van der Waals surface area contributed by atoms with Gasteiger partial charge in [0, 0.05) is 16.0 Å². The van der Waals surface area contributed by atoms with E-state index in [2.05, 4.69) is 10.3 Å². The molecule has 6 heteroatoms. The second-order valence-corrected chi connectivity index (χ2v) is 7.75. The maximum absolute atomic E-state index is 12.7. The van der Waals surface area contributed by atoms with E-state index in [-0.39, 0.29) is 5.91 Å². The minimum Gasteiger partial charge on any atom is -0.497 e. The molecule has 0 aliphatic carbocycles. The average molecular weight is 417 g/mol. The third-order valence-electron chi connectivity index (χ3n) is 4.46. The van der Waals surface area contributed by atoms with Gasteiger partial charge >= 0.3 is 0 Å². The second-order valence-electron chi connectivity index (χ2n) is 6.55. The molecule has 0 aliphatic rings. The Morgan fingerprint density at radius 2 is 1.63 bits per heavy atom. The number of thiazole rings is 1. The lowest BCUT2D eigenvalue weighted by Crippen LogP contribution is -2.11. The predicted molar refractivity (Wildman–Crippen MR) is 120 cm³/mol. The van der Waals surface area contributed by atoms with E-state index in [0.29, 0.717) is 16.4 Å². The molecule has 3 aromatic carbocycles. The first-order valence-electron chi connectivity index (χ1n) is 9.38. The van der Waals surface area contributed by atoms with Crippen LogP contribution >= 0.6 is 11.3 Å². The van der Waals surface area contributed by atoms with E-state index < -0.39 is 0 Å². The van der Waals surface area contributed by atoms with E-state index in [1.807, 2.05) is 67.6 Å². The van der Waals surface area contributed by atoms with Crippen LogP contribution in [0.5, 0.6) is 17.2 Å². The number of para-hydroxylation sites is 1. The van der Waals surface area contributed by atoms with Crippen LogP contribution in [0.4, 0.5) is 5.13 Å². The number of ether oxygens (including phenoxy) is 2. The first kappa shape index (κ1) is 19.7. The summed E-state index contributed by atoms with van der Waals surface area (Å²) >= 11 is 1.44. The van der Waals surface area contributed by atoms with Crippen LogP contribution < -0.4 is 14.8 Å². The average Bonchev–Trinajstić information content (AvgIpc) is 3.14. The van der Waals surface area contributed by atoms with Gasteiger partial charge in [-0.2, -0.15) is 0 Å². The van der Waals surface area contributed by atoms with Crippen molar-refractivity contribution in [3.8, 4) is 28.5 Å². The number of rotatable bonds is 6. The van der Waals surface area contributed by atoms with E-state index in [4.69, 9.17) is 9.47 Å². The summed E-state index contributed by atoms with van der Waals surface area (Å²) in [5.41, 5.74) is 2.32. The molecule has 4 rings (SSSR count). The molecule has 0 atom stereocenters. The lowest BCUT2D eigenvalue weighted by Gasteiger charge is -2.07. The highest BCUT2D eigenvalue weighted by atomic mass is 32.1. The van der Waals surface area contributed by atoms with Crippen LogP contribution in [0.3, 0.4) is 0 Å². The second kappa shape index (κ2) is 8.80. The van der Waals surface area contributed by atoms with Crippen LogP contribution in [0.25, 0.3) is 11.3 Å². The lowest BCUT2D eigenvalue weighted by molar-refractivity contribution is 0.102. The Morgan fingerprint density at radius 3 is 2.37 bits per heavy atom. The number of hydrogen-bond donors (Lipinski definition) is 1. The Kier molecular flexibility index (Phi) is 5.77. The van der Waals surface area contributed by atoms with E-state index >= 15 is 0 Å². The SMILES string of the molecule is COc1ccc(-c2nc(NC(=O)c3cccc(Oc4ccccc4)c3)sc2C)cc1. The first-order valence-corrected chi connectivity index (χ1v) is 10.2. The highest BCUT2D eigenvalue weighted by Crippen LogP contribution is 2.31. The molecule has 4 aromatic rings. The van der Waals surface area contributed by atoms with Crippen LogP contribution in [-0.2, 0) is 0 Å². The van der Waals surface area contributed by atoms with Crippen molar-refractivity contribution in [2.75, 3.05) is 12.4 Å². The van der Waals surface area contributed by atoms with Gasteiger partial charge in [-0.1, -0.05) is 24.3 Å². The van der Waals surface area contributed by atoms with Gasteiger partial charge in [-0.15, -0.1) is 11.3 Å². The van der Waals surface area contributed by atoms with Crippen molar-refractivity contribution in [2.45, 2.75) is 6.92 Å². The van der Waals surface area contributed by atoms with E-state index in [1.165, 1.54) is 11.3 Å². The number of carbonyl (C=O) groups excluding carboxylic acids is 1. The number of nitrogens with one attached hydrogen (secondary N) is 1. The van der Waals surface area contributed by atoms with Crippen molar-refractivity contribution in [3.05, 3.63) is 89.3 Å². The Hall–Kier alpha value is -3.64. The van der Waals surface area contributed by atoms with Gasteiger partial charge in [-0.05, 0) is 61.5 Å². The molecule has 1 N–H and O–H groups in total. The number of methoxy groups -OCH3 is 1. The molecule has 30 heavy (non-hydrogen) atoms. The molecule has 0 unspecified atom stereocenters. The number of benzene rings is 3. The predicted octanol–water partition coefficient (Wildman–Crippen LogP) is 6.17. The number of carbonyl (C=O) groups is 1. The highest BCUT2D eigenvalue weighted by Gasteiger charge is 2.14. The van der Waals surface area contributed by atoms with Crippen molar-refractivity contribution in [1.29, 1.82) is 0 Å². The summed E-state index contributed by atoms with van der Waals surface area (Å²) < 4.78 is 11.0. The fourth-order valence-corrected chi connectivity index (χ4v) is 3.79. The molecule has 1 amide bonds. The third-order valence-corrected chi connectivity index (χ3v) is 5.34. The highest BCUT2D eigenvalue weighted by molar-refractivity contribution is 7.16. The summed E-state index contributed by atoms with van der Waals surface area (Å²) in [6.45, 7) is 1.99. The fourth-order valence-electron chi connectivity index (χ4n) is 2.96. The summed E-state index contributed by atoms with van der Waals surface area (Å²) in [6.07, 6.45) is 0. The number of anilines is 1. The third kappa shape index (κ3) is 4.50. The molecule has 0 fully saturated rings.